The van der Waals surface area contributed by atoms with E-state index in [0.29, 0.717) is 6.42 Å². The van der Waals surface area contributed by atoms with Crippen LogP contribution >= 0.6 is 0 Å². The van der Waals surface area contributed by atoms with Crippen molar-refractivity contribution < 1.29 is 9.18 Å². The minimum atomic E-state index is -0.338. The Morgan fingerprint density at radius 1 is 0.952 bits per heavy atom. The number of carbonyl (C=O) groups excluding carboxylic acids is 1. The second-order valence-corrected chi connectivity index (χ2v) is 5.88. The van der Waals surface area contributed by atoms with E-state index in [-0.39, 0.29) is 17.0 Å². The van der Waals surface area contributed by atoms with Crippen LogP contribution in [0, 0.1) is 5.82 Å². The van der Waals surface area contributed by atoms with Gasteiger partial charge in [-0.25, -0.2) is 4.39 Å². The van der Waals surface area contributed by atoms with Crippen LogP contribution < -0.4 is 0 Å². The highest BCUT2D eigenvalue weighted by atomic mass is 19.1. The maximum Gasteiger partial charge on any atom is 0.147 e. The standard InChI is InChI=1S/C19H19FO/c20-17-10-8-15(9-11-17)14-18(21)19(12-4-5-13-19)16-6-2-1-3-7-16/h1-3,6-11H,4-5,12-14H2. The van der Waals surface area contributed by atoms with Crippen LogP contribution in [0.25, 0.3) is 0 Å². The number of hydrogen-bond donors (Lipinski definition) is 0. The summed E-state index contributed by atoms with van der Waals surface area (Å²) in [5, 5.41) is 0. The van der Waals surface area contributed by atoms with Gasteiger partial charge in [0.15, 0.2) is 0 Å². The Bertz CT molecular complexity index is 610. The summed E-state index contributed by atoms with van der Waals surface area (Å²) in [6.45, 7) is 0. The van der Waals surface area contributed by atoms with Gasteiger partial charge < -0.3 is 0 Å². The van der Waals surface area contributed by atoms with E-state index in [1.807, 2.05) is 18.2 Å². The minimum Gasteiger partial charge on any atom is -0.298 e. The molecule has 1 fully saturated rings. The van der Waals surface area contributed by atoms with E-state index < -0.39 is 0 Å². The molecular formula is C19H19FO. The number of rotatable bonds is 4. The molecule has 0 bridgehead atoms. The lowest BCUT2D eigenvalue weighted by molar-refractivity contribution is -0.123. The summed E-state index contributed by atoms with van der Waals surface area (Å²) in [7, 11) is 0. The lowest BCUT2D eigenvalue weighted by Crippen LogP contribution is -2.34. The minimum absolute atomic E-state index is 0.259. The fourth-order valence-corrected chi connectivity index (χ4v) is 3.42. The van der Waals surface area contributed by atoms with Gasteiger partial charge in [0.1, 0.15) is 11.6 Å². The average Bonchev–Trinajstić information content (AvgIpc) is 3.01. The van der Waals surface area contributed by atoms with E-state index in [1.54, 1.807) is 12.1 Å². The van der Waals surface area contributed by atoms with Crippen LogP contribution in [0.4, 0.5) is 4.39 Å². The first-order chi connectivity index (χ1) is 10.2. The van der Waals surface area contributed by atoms with Crippen molar-refractivity contribution in [3.8, 4) is 0 Å². The summed E-state index contributed by atoms with van der Waals surface area (Å²) in [6.07, 6.45) is 4.44. The molecule has 0 unspecified atom stereocenters. The molecule has 0 spiro atoms. The zero-order valence-electron chi connectivity index (χ0n) is 12.0. The molecule has 1 aliphatic carbocycles. The number of hydrogen-bond acceptors (Lipinski definition) is 1. The third kappa shape index (κ3) is 2.76. The van der Waals surface area contributed by atoms with E-state index in [2.05, 4.69) is 12.1 Å². The van der Waals surface area contributed by atoms with Crippen molar-refractivity contribution in [2.45, 2.75) is 37.5 Å². The van der Waals surface area contributed by atoms with Crippen molar-refractivity contribution >= 4 is 5.78 Å². The predicted molar refractivity (Wildman–Crippen MR) is 81.7 cm³/mol. The zero-order chi connectivity index (χ0) is 14.7. The van der Waals surface area contributed by atoms with Gasteiger partial charge in [-0.1, -0.05) is 55.3 Å². The number of benzene rings is 2. The van der Waals surface area contributed by atoms with Crippen LogP contribution in [-0.2, 0) is 16.6 Å². The fraction of sp³-hybridized carbons (Fsp3) is 0.316. The van der Waals surface area contributed by atoms with Crippen molar-refractivity contribution in [2.24, 2.45) is 0 Å². The van der Waals surface area contributed by atoms with Gasteiger partial charge in [0.05, 0.1) is 5.41 Å². The molecular weight excluding hydrogens is 263 g/mol. The summed E-state index contributed by atoms with van der Waals surface area (Å²) in [5.41, 5.74) is 1.69. The molecule has 21 heavy (non-hydrogen) atoms. The van der Waals surface area contributed by atoms with Crippen LogP contribution in [0.2, 0.25) is 0 Å². The topological polar surface area (TPSA) is 17.1 Å². The molecule has 1 saturated carbocycles. The molecule has 0 aromatic heterocycles. The second-order valence-electron chi connectivity index (χ2n) is 5.88. The summed E-state index contributed by atoms with van der Waals surface area (Å²) in [5.74, 6) is 0.00245. The molecule has 0 saturated heterocycles. The van der Waals surface area contributed by atoms with Crippen LogP contribution in [0.5, 0.6) is 0 Å². The molecule has 0 N–H and O–H groups in total. The SMILES string of the molecule is O=C(Cc1ccc(F)cc1)C1(c2ccccc2)CCCC1. The normalized spacial score (nSPS) is 16.8. The second kappa shape index (κ2) is 5.80. The number of carbonyl (C=O) groups is 1. The van der Waals surface area contributed by atoms with Crippen LogP contribution in [0.15, 0.2) is 54.6 Å². The summed E-state index contributed by atoms with van der Waals surface area (Å²) in [4.78, 5) is 12.9. The molecule has 0 aliphatic heterocycles. The molecule has 0 amide bonds. The van der Waals surface area contributed by atoms with Gasteiger partial charge in [-0.3, -0.25) is 4.79 Å². The molecule has 2 aromatic rings. The van der Waals surface area contributed by atoms with E-state index in [0.717, 1.165) is 36.8 Å². The van der Waals surface area contributed by atoms with Gasteiger partial charge in [-0.15, -0.1) is 0 Å². The van der Waals surface area contributed by atoms with Crippen molar-refractivity contribution in [1.29, 1.82) is 0 Å². The van der Waals surface area contributed by atoms with Crippen molar-refractivity contribution in [1.82, 2.24) is 0 Å². The Kier molecular flexibility index (Phi) is 3.87. The predicted octanol–water partition coefficient (Wildman–Crippen LogP) is 4.45. The Morgan fingerprint density at radius 3 is 2.19 bits per heavy atom. The summed E-state index contributed by atoms with van der Waals surface area (Å²) in [6, 6.07) is 16.4. The van der Waals surface area contributed by atoms with Crippen LogP contribution in [0.1, 0.15) is 36.8 Å². The Hall–Kier alpha value is -1.96. The van der Waals surface area contributed by atoms with Crippen LogP contribution in [-0.4, -0.2) is 5.78 Å². The summed E-state index contributed by atoms with van der Waals surface area (Å²) >= 11 is 0. The third-order valence-corrected chi connectivity index (χ3v) is 4.60. The third-order valence-electron chi connectivity index (χ3n) is 4.60. The fourth-order valence-electron chi connectivity index (χ4n) is 3.42. The highest BCUT2D eigenvalue weighted by molar-refractivity contribution is 5.92. The van der Waals surface area contributed by atoms with Crippen molar-refractivity contribution in [3.63, 3.8) is 0 Å². The van der Waals surface area contributed by atoms with E-state index in [9.17, 15) is 9.18 Å². The summed E-state index contributed by atoms with van der Waals surface area (Å²) < 4.78 is 13.0. The molecule has 1 nitrogen and oxygen atoms in total. The van der Waals surface area contributed by atoms with E-state index in [1.165, 1.54) is 12.1 Å². The molecule has 108 valence electrons. The molecule has 3 rings (SSSR count). The maximum absolute atomic E-state index is 13.0. The Morgan fingerprint density at radius 2 is 1.57 bits per heavy atom. The first-order valence-corrected chi connectivity index (χ1v) is 7.54. The van der Waals surface area contributed by atoms with Gasteiger partial charge in [-0.05, 0) is 36.1 Å². The lowest BCUT2D eigenvalue weighted by Gasteiger charge is -2.28. The Balaban J connectivity index is 1.87. The van der Waals surface area contributed by atoms with E-state index in [4.69, 9.17) is 0 Å². The zero-order valence-corrected chi connectivity index (χ0v) is 12.0. The number of halogens is 1. The average molecular weight is 282 g/mol. The smallest absolute Gasteiger partial charge is 0.147 e. The number of ketones is 1. The molecule has 0 radical (unpaired) electrons. The molecule has 1 aliphatic rings. The maximum atomic E-state index is 13.0. The van der Waals surface area contributed by atoms with Gasteiger partial charge in [-0.2, -0.15) is 0 Å². The van der Waals surface area contributed by atoms with Crippen LogP contribution in [0.3, 0.4) is 0 Å². The molecule has 2 heteroatoms. The van der Waals surface area contributed by atoms with Gasteiger partial charge >= 0.3 is 0 Å². The quantitative estimate of drug-likeness (QED) is 0.809. The van der Waals surface area contributed by atoms with Gasteiger partial charge in [0.2, 0.25) is 0 Å². The van der Waals surface area contributed by atoms with Crippen molar-refractivity contribution in [3.05, 3.63) is 71.5 Å². The number of Topliss-reactive ketones (excluding diaryl/α,β-unsaturated/α-hetero) is 1. The monoisotopic (exact) mass is 282 g/mol. The van der Waals surface area contributed by atoms with E-state index >= 15 is 0 Å². The lowest BCUT2D eigenvalue weighted by atomic mass is 9.73. The molecule has 2 aromatic carbocycles. The Labute approximate surface area is 124 Å². The van der Waals surface area contributed by atoms with Gasteiger partial charge in [0, 0.05) is 6.42 Å². The first kappa shape index (κ1) is 14.0. The van der Waals surface area contributed by atoms with Crippen molar-refractivity contribution in [2.75, 3.05) is 0 Å². The highest BCUT2D eigenvalue weighted by Crippen LogP contribution is 2.42. The van der Waals surface area contributed by atoms with Gasteiger partial charge in [0.25, 0.3) is 0 Å². The molecule has 0 heterocycles. The first-order valence-electron chi connectivity index (χ1n) is 7.54. The largest absolute Gasteiger partial charge is 0.298 e. The highest BCUT2D eigenvalue weighted by Gasteiger charge is 2.41. The molecule has 0 atom stereocenters.